The van der Waals surface area contributed by atoms with E-state index >= 15 is 0 Å². The SMILES string of the molecule is O.O=C(O)C=CC(=O)O.[H-].[Na+]. The van der Waals surface area contributed by atoms with Crippen LogP contribution in [-0.2, 0) is 9.59 Å². The summed E-state index contributed by atoms with van der Waals surface area (Å²) >= 11 is 0. The predicted molar refractivity (Wildman–Crippen MR) is 29.1 cm³/mol. The van der Waals surface area contributed by atoms with Gasteiger partial charge in [-0.05, 0) is 0 Å². The summed E-state index contributed by atoms with van der Waals surface area (Å²) in [5.41, 5.74) is 0. The molecular formula is C4H7NaO5. The Balaban J connectivity index is -0.0000000817. The summed E-state index contributed by atoms with van der Waals surface area (Å²) in [7, 11) is 0. The van der Waals surface area contributed by atoms with Crippen LogP contribution in [0.5, 0.6) is 0 Å². The normalized spacial score (nSPS) is 7.60. The maximum atomic E-state index is 9.55. The van der Waals surface area contributed by atoms with E-state index in [-0.39, 0.29) is 36.5 Å². The Bertz CT molecular complexity index is 129. The molecule has 0 aliphatic heterocycles. The molecule has 0 amide bonds. The Hall–Kier alpha value is -0.360. The number of aliphatic carboxylic acids is 2. The van der Waals surface area contributed by atoms with E-state index in [0.29, 0.717) is 12.2 Å². The first-order valence-electron chi connectivity index (χ1n) is 1.77. The quantitative estimate of drug-likeness (QED) is 0.315. The van der Waals surface area contributed by atoms with E-state index in [1.54, 1.807) is 0 Å². The smallest absolute Gasteiger partial charge is 1.00 e. The number of carboxylic acids is 2. The van der Waals surface area contributed by atoms with E-state index in [4.69, 9.17) is 10.2 Å². The van der Waals surface area contributed by atoms with Gasteiger partial charge in [-0.25, -0.2) is 9.59 Å². The van der Waals surface area contributed by atoms with E-state index in [2.05, 4.69) is 0 Å². The van der Waals surface area contributed by atoms with Crippen LogP contribution in [0.4, 0.5) is 0 Å². The molecule has 54 valence electrons. The van der Waals surface area contributed by atoms with Crippen molar-refractivity contribution in [2.24, 2.45) is 0 Å². The standard InChI is InChI=1S/C4H4O4.Na.H2O.H/c5-3(6)1-2-4(7)8;;;/h1-2H,(H,5,6)(H,7,8);;1H2;/q;+1;;-1. The van der Waals surface area contributed by atoms with Crippen LogP contribution in [-0.4, -0.2) is 27.6 Å². The monoisotopic (exact) mass is 158 g/mol. The minimum atomic E-state index is -1.26. The molecule has 4 N–H and O–H groups in total. The summed E-state index contributed by atoms with van der Waals surface area (Å²) < 4.78 is 0. The van der Waals surface area contributed by atoms with Gasteiger partial charge in [0.1, 0.15) is 0 Å². The van der Waals surface area contributed by atoms with Gasteiger partial charge in [0.25, 0.3) is 0 Å². The molecule has 0 bridgehead atoms. The molecule has 0 saturated carbocycles. The summed E-state index contributed by atoms with van der Waals surface area (Å²) in [6.45, 7) is 0. The van der Waals surface area contributed by atoms with Crippen LogP contribution in [0, 0.1) is 0 Å². The Morgan fingerprint density at radius 3 is 1.40 bits per heavy atom. The molecule has 0 spiro atoms. The van der Waals surface area contributed by atoms with Gasteiger partial charge < -0.3 is 17.1 Å². The van der Waals surface area contributed by atoms with Crippen LogP contribution >= 0.6 is 0 Å². The number of carbonyl (C=O) groups is 2. The molecule has 0 fully saturated rings. The third-order valence-corrected chi connectivity index (χ3v) is 0.368. The van der Waals surface area contributed by atoms with Crippen molar-refractivity contribution >= 4 is 11.9 Å². The molecule has 10 heavy (non-hydrogen) atoms. The molecule has 0 rings (SSSR count). The molecule has 6 heteroatoms. The molecule has 0 saturated heterocycles. The van der Waals surface area contributed by atoms with E-state index in [1.807, 2.05) is 0 Å². The van der Waals surface area contributed by atoms with Gasteiger partial charge in [-0.15, -0.1) is 0 Å². The summed E-state index contributed by atoms with van der Waals surface area (Å²) in [5, 5.41) is 15.6. The molecule has 0 aromatic heterocycles. The van der Waals surface area contributed by atoms with Crippen molar-refractivity contribution in [2.75, 3.05) is 0 Å². The maximum Gasteiger partial charge on any atom is 1.00 e. The van der Waals surface area contributed by atoms with E-state index in [0.717, 1.165) is 0 Å². The van der Waals surface area contributed by atoms with Crippen molar-refractivity contribution in [1.29, 1.82) is 0 Å². The third-order valence-electron chi connectivity index (χ3n) is 0.368. The van der Waals surface area contributed by atoms with Crippen molar-refractivity contribution in [3.8, 4) is 0 Å². The molecule has 0 aromatic carbocycles. The fourth-order valence-electron chi connectivity index (χ4n) is 0.143. The van der Waals surface area contributed by atoms with Crippen LogP contribution in [0.25, 0.3) is 0 Å². The average molecular weight is 158 g/mol. The van der Waals surface area contributed by atoms with Gasteiger partial charge in [-0.1, -0.05) is 0 Å². The van der Waals surface area contributed by atoms with Gasteiger partial charge >= 0.3 is 41.5 Å². The van der Waals surface area contributed by atoms with Crippen LogP contribution < -0.4 is 29.6 Å². The molecule has 0 radical (unpaired) electrons. The molecule has 0 unspecified atom stereocenters. The third kappa shape index (κ3) is 15.6. The van der Waals surface area contributed by atoms with Gasteiger partial charge in [0.05, 0.1) is 0 Å². The van der Waals surface area contributed by atoms with Gasteiger partial charge in [0.2, 0.25) is 0 Å². The molecule has 0 atom stereocenters. The molecule has 5 nitrogen and oxygen atoms in total. The minimum Gasteiger partial charge on any atom is -1.00 e. The molecule has 0 aromatic rings. The first-order chi connectivity index (χ1) is 3.63. The summed E-state index contributed by atoms with van der Waals surface area (Å²) in [5.74, 6) is -2.51. The second-order valence-electron chi connectivity index (χ2n) is 1.01. The van der Waals surface area contributed by atoms with E-state index in [9.17, 15) is 9.59 Å². The van der Waals surface area contributed by atoms with Gasteiger partial charge in [0.15, 0.2) is 0 Å². The van der Waals surface area contributed by atoms with Crippen LogP contribution in [0.3, 0.4) is 0 Å². The Kier molecular flexibility index (Phi) is 14.1. The molecule has 0 aliphatic carbocycles. The van der Waals surface area contributed by atoms with Crippen molar-refractivity contribution < 1.29 is 56.3 Å². The zero-order valence-corrected chi connectivity index (χ0v) is 7.37. The maximum absolute atomic E-state index is 9.55. The molecular weight excluding hydrogens is 151 g/mol. The minimum absolute atomic E-state index is 0. The summed E-state index contributed by atoms with van der Waals surface area (Å²) in [6.07, 6.45) is 1.12. The average Bonchev–Trinajstić information content (AvgIpc) is 1.61. The fourth-order valence-corrected chi connectivity index (χ4v) is 0.143. The second kappa shape index (κ2) is 8.64. The Labute approximate surface area is 80.4 Å². The summed E-state index contributed by atoms with van der Waals surface area (Å²) in [6, 6.07) is 0. The van der Waals surface area contributed by atoms with Crippen molar-refractivity contribution in [3.63, 3.8) is 0 Å². The number of hydrogen-bond donors (Lipinski definition) is 2. The Morgan fingerprint density at radius 1 is 1.10 bits per heavy atom. The van der Waals surface area contributed by atoms with Crippen LogP contribution in [0.15, 0.2) is 12.2 Å². The summed E-state index contributed by atoms with van der Waals surface area (Å²) in [4.78, 5) is 19.1. The van der Waals surface area contributed by atoms with Crippen LogP contribution in [0.1, 0.15) is 1.43 Å². The molecule has 0 heterocycles. The van der Waals surface area contributed by atoms with Gasteiger partial charge in [-0.3, -0.25) is 0 Å². The van der Waals surface area contributed by atoms with Gasteiger partial charge in [-0.2, -0.15) is 0 Å². The largest absolute Gasteiger partial charge is 1.00 e. The van der Waals surface area contributed by atoms with Crippen molar-refractivity contribution in [1.82, 2.24) is 0 Å². The topological polar surface area (TPSA) is 106 Å². The van der Waals surface area contributed by atoms with E-state index in [1.165, 1.54) is 0 Å². The first kappa shape index (κ1) is 16.3. The number of hydrogen-bond acceptors (Lipinski definition) is 2. The molecule has 0 aliphatic rings. The first-order valence-corrected chi connectivity index (χ1v) is 1.77. The predicted octanol–water partition coefficient (Wildman–Crippen LogP) is -4.00. The number of carboxylic acid groups (broad SMARTS) is 2. The van der Waals surface area contributed by atoms with Gasteiger partial charge in [0, 0.05) is 12.2 Å². The second-order valence-corrected chi connectivity index (χ2v) is 1.01. The van der Waals surface area contributed by atoms with Crippen molar-refractivity contribution in [2.45, 2.75) is 0 Å². The van der Waals surface area contributed by atoms with Crippen molar-refractivity contribution in [3.05, 3.63) is 12.2 Å². The van der Waals surface area contributed by atoms with E-state index < -0.39 is 11.9 Å². The fraction of sp³-hybridized carbons (Fsp3) is 0. The zero-order valence-electron chi connectivity index (χ0n) is 6.37. The number of rotatable bonds is 2. The Morgan fingerprint density at radius 2 is 1.30 bits per heavy atom. The zero-order chi connectivity index (χ0) is 6.57. The van der Waals surface area contributed by atoms with Crippen LogP contribution in [0.2, 0.25) is 0 Å².